The maximum atomic E-state index is 14.0. The molecule has 8 nitrogen and oxygen atoms in total. The van der Waals surface area contributed by atoms with E-state index in [0.717, 1.165) is 73.7 Å². The number of carbonyl (C=O) groups is 2. The second-order valence-electron chi connectivity index (χ2n) is 10.0. The summed E-state index contributed by atoms with van der Waals surface area (Å²) in [5, 5.41) is 11.6. The van der Waals surface area contributed by atoms with E-state index >= 15 is 0 Å². The molecule has 5 rings (SSSR count). The average molecular weight is 490 g/mol. The second-order valence-corrected chi connectivity index (χ2v) is 10.0. The van der Waals surface area contributed by atoms with E-state index in [1.54, 1.807) is 4.68 Å². The molecule has 2 aliphatic rings. The van der Waals surface area contributed by atoms with Crippen LogP contribution in [0.2, 0.25) is 0 Å². The van der Waals surface area contributed by atoms with Gasteiger partial charge in [-0.2, -0.15) is 0 Å². The second kappa shape index (κ2) is 11.2. The number of ether oxygens (including phenoxy) is 1. The topological polar surface area (TPSA) is 89.4 Å². The number of rotatable bonds is 8. The third-order valence-corrected chi connectivity index (χ3v) is 7.41. The summed E-state index contributed by atoms with van der Waals surface area (Å²) in [5.74, 6) is -0.271. The van der Waals surface area contributed by atoms with Crippen molar-refractivity contribution in [3.63, 3.8) is 0 Å². The van der Waals surface area contributed by atoms with E-state index in [2.05, 4.69) is 15.6 Å². The van der Waals surface area contributed by atoms with Crippen molar-refractivity contribution in [1.29, 1.82) is 0 Å². The molecule has 3 aromatic rings. The Kier molecular flexibility index (Phi) is 7.60. The molecule has 2 aromatic carbocycles. The minimum Gasteiger partial charge on any atom is -0.376 e. The van der Waals surface area contributed by atoms with Crippen molar-refractivity contribution >= 4 is 22.8 Å². The number of aromatic nitrogens is 3. The Morgan fingerprint density at radius 3 is 2.58 bits per heavy atom. The molecule has 0 radical (unpaired) electrons. The largest absolute Gasteiger partial charge is 0.376 e. The molecule has 2 heterocycles. The molecule has 1 aromatic heterocycles. The lowest BCUT2D eigenvalue weighted by molar-refractivity contribution is -0.145. The molecule has 2 unspecified atom stereocenters. The van der Waals surface area contributed by atoms with Crippen molar-refractivity contribution in [2.45, 2.75) is 76.6 Å². The molecule has 0 bridgehead atoms. The Balaban J connectivity index is 1.47. The summed E-state index contributed by atoms with van der Waals surface area (Å²) in [7, 11) is 0. The Morgan fingerprint density at radius 2 is 1.83 bits per heavy atom. The standard InChI is InChI=1S/C28H35N5O3/c1-20-13-15-21(16-14-20)27(28(35)29-18-23-10-7-17-36-23)33(22-8-3-2-4-9-22)26(34)19-32-25-12-6-5-11-24(25)30-31-32/h5-6,11-16,22-23,27H,2-4,7-10,17-19H2,1H3,(H,29,35). The van der Waals surface area contributed by atoms with Gasteiger partial charge in [-0.15, -0.1) is 5.10 Å². The summed E-state index contributed by atoms with van der Waals surface area (Å²) in [5.41, 5.74) is 3.50. The number of fused-ring (bicyclic) bond motifs is 1. The molecule has 190 valence electrons. The minimum absolute atomic E-state index is 0.000759. The molecule has 0 spiro atoms. The summed E-state index contributed by atoms with van der Waals surface area (Å²) in [6.07, 6.45) is 7.05. The molecule has 1 saturated carbocycles. The van der Waals surface area contributed by atoms with Gasteiger partial charge in [0.15, 0.2) is 0 Å². The van der Waals surface area contributed by atoms with Crippen LogP contribution in [0.3, 0.4) is 0 Å². The maximum Gasteiger partial charge on any atom is 0.247 e. The zero-order valence-corrected chi connectivity index (χ0v) is 20.9. The Morgan fingerprint density at radius 1 is 1.06 bits per heavy atom. The fourth-order valence-electron chi connectivity index (χ4n) is 5.47. The summed E-state index contributed by atoms with van der Waals surface area (Å²) >= 11 is 0. The van der Waals surface area contributed by atoms with E-state index in [1.807, 2.05) is 60.4 Å². The Labute approximate surface area is 212 Å². The molecule has 1 N–H and O–H groups in total. The summed E-state index contributed by atoms with van der Waals surface area (Å²) < 4.78 is 7.37. The highest BCUT2D eigenvalue weighted by Gasteiger charge is 2.37. The lowest BCUT2D eigenvalue weighted by Gasteiger charge is -2.39. The van der Waals surface area contributed by atoms with Crippen LogP contribution in [-0.2, 0) is 20.9 Å². The number of carbonyl (C=O) groups excluding carboxylic acids is 2. The van der Waals surface area contributed by atoms with E-state index < -0.39 is 6.04 Å². The van der Waals surface area contributed by atoms with Gasteiger partial charge >= 0.3 is 0 Å². The summed E-state index contributed by atoms with van der Waals surface area (Å²) in [6.45, 7) is 3.26. The van der Waals surface area contributed by atoms with E-state index in [1.165, 1.54) is 0 Å². The third-order valence-electron chi connectivity index (χ3n) is 7.41. The first-order chi connectivity index (χ1) is 17.6. The van der Waals surface area contributed by atoms with Gasteiger partial charge in [-0.3, -0.25) is 9.59 Å². The molecule has 1 aliphatic carbocycles. The van der Waals surface area contributed by atoms with Gasteiger partial charge in [0.05, 0.1) is 11.6 Å². The van der Waals surface area contributed by atoms with Gasteiger partial charge in [-0.25, -0.2) is 4.68 Å². The first kappa shape index (κ1) is 24.4. The average Bonchev–Trinajstić information content (AvgIpc) is 3.57. The van der Waals surface area contributed by atoms with Gasteiger partial charge in [-0.05, 0) is 50.3 Å². The number of nitrogens with zero attached hydrogens (tertiary/aromatic N) is 4. The van der Waals surface area contributed by atoms with Crippen molar-refractivity contribution in [3.8, 4) is 0 Å². The quantitative estimate of drug-likeness (QED) is 0.518. The predicted molar refractivity (Wildman–Crippen MR) is 137 cm³/mol. The van der Waals surface area contributed by atoms with Crippen LogP contribution >= 0.6 is 0 Å². The van der Waals surface area contributed by atoms with Crippen molar-refractivity contribution < 1.29 is 14.3 Å². The van der Waals surface area contributed by atoms with Crippen LogP contribution in [0, 0.1) is 6.92 Å². The predicted octanol–water partition coefficient (Wildman–Crippen LogP) is 3.94. The number of benzene rings is 2. The van der Waals surface area contributed by atoms with E-state index in [9.17, 15) is 9.59 Å². The van der Waals surface area contributed by atoms with Crippen LogP contribution in [-0.4, -0.2) is 57.0 Å². The van der Waals surface area contributed by atoms with E-state index in [-0.39, 0.29) is 30.5 Å². The molecule has 2 fully saturated rings. The number of hydrogen-bond donors (Lipinski definition) is 1. The highest BCUT2D eigenvalue weighted by atomic mass is 16.5. The van der Waals surface area contributed by atoms with E-state index in [4.69, 9.17) is 4.74 Å². The van der Waals surface area contributed by atoms with Gasteiger partial charge < -0.3 is 15.0 Å². The molecule has 1 saturated heterocycles. The van der Waals surface area contributed by atoms with Gasteiger partial charge in [0, 0.05) is 19.2 Å². The zero-order valence-electron chi connectivity index (χ0n) is 20.9. The number of para-hydroxylation sites is 1. The third kappa shape index (κ3) is 5.43. The molecule has 1 aliphatic heterocycles. The normalized spacial score (nSPS) is 19.3. The Hall–Kier alpha value is -3.26. The number of amides is 2. The maximum absolute atomic E-state index is 14.0. The van der Waals surface area contributed by atoms with Crippen LogP contribution < -0.4 is 5.32 Å². The van der Waals surface area contributed by atoms with Crippen molar-refractivity contribution in [2.75, 3.05) is 13.2 Å². The van der Waals surface area contributed by atoms with Gasteiger partial charge in [0.2, 0.25) is 11.8 Å². The fourth-order valence-corrected chi connectivity index (χ4v) is 5.47. The smallest absolute Gasteiger partial charge is 0.247 e. The fraction of sp³-hybridized carbons (Fsp3) is 0.500. The molecule has 2 amide bonds. The number of hydrogen-bond acceptors (Lipinski definition) is 5. The summed E-state index contributed by atoms with van der Waals surface area (Å²) in [4.78, 5) is 29.7. The molecule has 8 heteroatoms. The minimum atomic E-state index is -0.711. The van der Waals surface area contributed by atoms with Crippen LogP contribution in [0.1, 0.15) is 62.1 Å². The molecule has 2 atom stereocenters. The first-order valence-electron chi connectivity index (χ1n) is 13.2. The SMILES string of the molecule is Cc1ccc(C(C(=O)NCC2CCCO2)N(C(=O)Cn2nnc3ccccc32)C2CCCCC2)cc1. The monoisotopic (exact) mass is 489 g/mol. The molecular formula is C28H35N5O3. The zero-order chi connectivity index (χ0) is 24.9. The van der Waals surface area contributed by atoms with Crippen LogP contribution in [0.25, 0.3) is 11.0 Å². The highest BCUT2D eigenvalue weighted by molar-refractivity contribution is 5.89. The van der Waals surface area contributed by atoms with Crippen LogP contribution in [0.5, 0.6) is 0 Å². The number of aryl methyl sites for hydroxylation is 1. The number of nitrogens with one attached hydrogen (secondary N) is 1. The van der Waals surface area contributed by atoms with Gasteiger partial charge in [-0.1, -0.05) is 66.4 Å². The van der Waals surface area contributed by atoms with Crippen LogP contribution in [0.4, 0.5) is 0 Å². The molecular weight excluding hydrogens is 454 g/mol. The highest BCUT2D eigenvalue weighted by Crippen LogP contribution is 2.32. The van der Waals surface area contributed by atoms with E-state index in [0.29, 0.717) is 6.54 Å². The van der Waals surface area contributed by atoms with Gasteiger partial charge in [0.25, 0.3) is 0 Å². The summed E-state index contributed by atoms with van der Waals surface area (Å²) in [6, 6.07) is 14.9. The van der Waals surface area contributed by atoms with Crippen molar-refractivity contribution in [1.82, 2.24) is 25.2 Å². The Bertz CT molecular complexity index is 1180. The van der Waals surface area contributed by atoms with Gasteiger partial charge in [0.1, 0.15) is 18.1 Å². The van der Waals surface area contributed by atoms with Crippen molar-refractivity contribution in [3.05, 3.63) is 59.7 Å². The van der Waals surface area contributed by atoms with Crippen molar-refractivity contribution in [2.24, 2.45) is 0 Å². The lowest BCUT2D eigenvalue weighted by atomic mass is 9.91. The lowest BCUT2D eigenvalue weighted by Crippen LogP contribution is -2.51. The van der Waals surface area contributed by atoms with Crippen LogP contribution in [0.15, 0.2) is 48.5 Å². The first-order valence-corrected chi connectivity index (χ1v) is 13.2. The molecule has 36 heavy (non-hydrogen) atoms.